The van der Waals surface area contributed by atoms with E-state index >= 15 is 0 Å². The average molecular weight is 349 g/mol. The molecule has 2 aliphatic heterocycles. The molecule has 0 fully saturated rings. The maximum absolute atomic E-state index is 12.6. The number of carbonyl (C=O) groups excluding carboxylic acids is 1. The highest BCUT2D eigenvalue weighted by molar-refractivity contribution is 6.21. The van der Waals surface area contributed by atoms with Gasteiger partial charge in [0, 0.05) is 17.2 Å². The van der Waals surface area contributed by atoms with Gasteiger partial charge in [0.05, 0.1) is 17.8 Å². The summed E-state index contributed by atoms with van der Waals surface area (Å²) in [5.74, 6) is 0.230. The monoisotopic (exact) mass is 349 g/mol. The molecule has 128 valence electrons. The number of alkyl halides is 3. The quantitative estimate of drug-likeness (QED) is 0.822. The lowest BCUT2D eigenvalue weighted by Gasteiger charge is -2.18. The predicted molar refractivity (Wildman–Crippen MR) is 80.8 cm³/mol. The summed E-state index contributed by atoms with van der Waals surface area (Å²) in [7, 11) is 0. The van der Waals surface area contributed by atoms with Gasteiger partial charge in [0.1, 0.15) is 5.75 Å². The van der Waals surface area contributed by atoms with Crippen LogP contribution in [0.1, 0.15) is 22.3 Å². The second kappa shape index (κ2) is 5.51. The summed E-state index contributed by atoms with van der Waals surface area (Å²) in [4.78, 5) is 16.8. The first kappa shape index (κ1) is 15.5. The van der Waals surface area contributed by atoms with Gasteiger partial charge in [0.15, 0.2) is 17.3 Å². The summed E-state index contributed by atoms with van der Waals surface area (Å²) in [6, 6.07) is 8.68. The second-order valence-corrected chi connectivity index (χ2v) is 5.43. The molecule has 25 heavy (non-hydrogen) atoms. The van der Waals surface area contributed by atoms with Gasteiger partial charge in [-0.2, -0.15) is 0 Å². The van der Waals surface area contributed by atoms with Crippen molar-refractivity contribution in [2.24, 2.45) is 4.99 Å². The number of rotatable bonds is 2. The van der Waals surface area contributed by atoms with Gasteiger partial charge in [-0.05, 0) is 18.2 Å². The number of hydrogen-bond acceptors (Lipinski definition) is 5. The minimum atomic E-state index is -4.83. The first-order valence-electron chi connectivity index (χ1n) is 7.30. The molecule has 0 saturated carbocycles. The van der Waals surface area contributed by atoms with E-state index in [1.54, 1.807) is 18.2 Å². The fraction of sp³-hybridized carbons (Fsp3) is 0.176. The first-order valence-corrected chi connectivity index (χ1v) is 7.30. The van der Waals surface area contributed by atoms with Crippen LogP contribution in [0.4, 0.5) is 18.9 Å². The topological polar surface area (TPSA) is 57.1 Å². The molecule has 2 aromatic carbocycles. The van der Waals surface area contributed by atoms with Crippen LogP contribution in [0.15, 0.2) is 41.4 Å². The molecule has 0 aromatic heterocycles. The molecule has 0 saturated heterocycles. The van der Waals surface area contributed by atoms with Crippen LogP contribution in [-0.2, 0) is 0 Å². The third-order valence-corrected chi connectivity index (χ3v) is 3.80. The zero-order chi connectivity index (χ0) is 17.6. The molecule has 2 heterocycles. The average Bonchev–Trinajstić information content (AvgIpc) is 2.99. The van der Waals surface area contributed by atoms with E-state index in [0.717, 1.165) is 0 Å². The molecule has 0 N–H and O–H groups in total. The molecule has 0 spiro atoms. The van der Waals surface area contributed by atoms with Crippen LogP contribution < -0.4 is 14.2 Å². The van der Waals surface area contributed by atoms with E-state index < -0.39 is 12.1 Å². The SMILES string of the molecule is O=C1CC(c2ccccc2OC(F)(F)F)=Nc2cc3c(cc21)OCO3. The van der Waals surface area contributed by atoms with Crippen molar-refractivity contribution >= 4 is 17.2 Å². The van der Waals surface area contributed by atoms with Crippen LogP contribution in [0.2, 0.25) is 0 Å². The van der Waals surface area contributed by atoms with Gasteiger partial charge in [-0.25, -0.2) is 0 Å². The lowest BCUT2D eigenvalue weighted by Crippen LogP contribution is -2.20. The fourth-order valence-electron chi connectivity index (χ4n) is 2.75. The number of halogens is 3. The number of aliphatic imine (C=N–C) groups is 1. The Hall–Kier alpha value is -3.03. The number of Topliss-reactive ketones (excluding diaryl/α,β-unsaturated/α-hetero) is 1. The van der Waals surface area contributed by atoms with Gasteiger partial charge in [-0.1, -0.05) is 12.1 Å². The van der Waals surface area contributed by atoms with Gasteiger partial charge in [0.25, 0.3) is 0 Å². The fourth-order valence-corrected chi connectivity index (χ4v) is 2.75. The summed E-state index contributed by atoms with van der Waals surface area (Å²) >= 11 is 0. The molecular formula is C17H10F3NO4. The van der Waals surface area contributed by atoms with Crippen molar-refractivity contribution in [2.75, 3.05) is 6.79 Å². The van der Waals surface area contributed by atoms with Crippen molar-refractivity contribution in [3.8, 4) is 17.2 Å². The largest absolute Gasteiger partial charge is 0.573 e. The molecule has 5 nitrogen and oxygen atoms in total. The minimum absolute atomic E-state index is 0.0469. The summed E-state index contributed by atoms with van der Waals surface area (Å²) in [5.41, 5.74) is 1.01. The molecule has 0 atom stereocenters. The van der Waals surface area contributed by atoms with E-state index in [0.29, 0.717) is 22.7 Å². The maximum atomic E-state index is 12.6. The number of fused-ring (bicyclic) bond motifs is 2. The van der Waals surface area contributed by atoms with Crippen molar-refractivity contribution < 1.29 is 32.2 Å². The highest BCUT2D eigenvalue weighted by Crippen LogP contribution is 2.41. The van der Waals surface area contributed by atoms with Gasteiger partial charge in [-0.3, -0.25) is 9.79 Å². The highest BCUT2D eigenvalue weighted by Gasteiger charge is 2.33. The Morgan fingerprint density at radius 2 is 1.76 bits per heavy atom. The van der Waals surface area contributed by atoms with Crippen molar-refractivity contribution in [1.82, 2.24) is 0 Å². The van der Waals surface area contributed by atoms with E-state index in [9.17, 15) is 18.0 Å². The molecule has 0 bridgehead atoms. The Labute approximate surface area is 139 Å². The van der Waals surface area contributed by atoms with Crippen LogP contribution in [0.3, 0.4) is 0 Å². The van der Waals surface area contributed by atoms with E-state index in [2.05, 4.69) is 9.73 Å². The number of hydrogen-bond donors (Lipinski definition) is 0. The second-order valence-electron chi connectivity index (χ2n) is 5.43. The molecule has 2 aliphatic rings. The van der Waals surface area contributed by atoms with E-state index in [4.69, 9.17) is 9.47 Å². The molecule has 0 unspecified atom stereocenters. The maximum Gasteiger partial charge on any atom is 0.573 e. The van der Waals surface area contributed by atoms with Crippen LogP contribution in [0.25, 0.3) is 0 Å². The van der Waals surface area contributed by atoms with Crippen LogP contribution in [0.5, 0.6) is 17.2 Å². The number of benzene rings is 2. The number of nitrogens with zero attached hydrogens (tertiary/aromatic N) is 1. The van der Waals surface area contributed by atoms with Crippen LogP contribution in [0, 0.1) is 0 Å². The molecule has 0 aliphatic carbocycles. The molecule has 0 radical (unpaired) electrons. The zero-order valence-electron chi connectivity index (χ0n) is 12.6. The van der Waals surface area contributed by atoms with Gasteiger partial charge < -0.3 is 14.2 Å². The van der Waals surface area contributed by atoms with E-state index in [1.165, 1.54) is 18.2 Å². The predicted octanol–water partition coefficient (Wildman–Crippen LogP) is 4.02. The van der Waals surface area contributed by atoms with Crippen LogP contribution >= 0.6 is 0 Å². The van der Waals surface area contributed by atoms with Crippen molar-refractivity contribution in [1.29, 1.82) is 0 Å². The number of ketones is 1. The summed E-state index contributed by atoms with van der Waals surface area (Å²) in [5, 5.41) is 0. The summed E-state index contributed by atoms with van der Waals surface area (Å²) in [6.45, 7) is 0.0469. The Kier molecular flexibility index (Phi) is 3.41. The zero-order valence-corrected chi connectivity index (χ0v) is 12.6. The Balaban J connectivity index is 1.79. The van der Waals surface area contributed by atoms with Crippen molar-refractivity contribution in [3.05, 3.63) is 47.5 Å². The number of para-hydroxylation sites is 1. The first-order chi connectivity index (χ1) is 11.9. The van der Waals surface area contributed by atoms with Crippen molar-refractivity contribution in [2.45, 2.75) is 12.8 Å². The summed E-state index contributed by atoms with van der Waals surface area (Å²) < 4.78 is 52.3. The Morgan fingerprint density at radius 3 is 2.52 bits per heavy atom. The summed E-state index contributed by atoms with van der Waals surface area (Å²) in [6.07, 6.45) is -4.97. The normalized spacial score (nSPS) is 15.6. The molecule has 0 amide bonds. The third-order valence-electron chi connectivity index (χ3n) is 3.80. The third kappa shape index (κ3) is 2.90. The number of ether oxygens (including phenoxy) is 3. The Morgan fingerprint density at radius 1 is 1.04 bits per heavy atom. The van der Waals surface area contributed by atoms with E-state index in [-0.39, 0.29) is 30.3 Å². The van der Waals surface area contributed by atoms with Crippen molar-refractivity contribution in [3.63, 3.8) is 0 Å². The molecule has 8 heteroatoms. The van der Waals surface area contributed by atoms with E-state index in [1.807, 2.05) is 0 Å². The lowest BCUT2D eigenvalue weighted by molar-refractivity contribution is -0.274. The molecule has 4 rings (SSSR count). The van der Waals surface area contributed by atoms with Gasteiger partial charge in [0.2, 0.25) is 6.79 Å². The standard InChI is InChI=1S/C17H10F3NO4/c18-17(19,20)25-14-4-2-1-3-9(14)11-6-13(22)10-5-15-16(24-8-23-15)7-12(10)21-11/h1-5,7H,6,8H2. The number of carbonyl (C=O) groups is 1. The molecule has 2 aromatic rings. The van der Waals surface area contributed by atoms with Crippen LogP contribution in [-0.4, -0.2) is 24.7 Å². The smallest absolute Gasteiger partial charge is 0.454 e. The van der Waals surface area contributed by atoms with Gasteiger partial charge >= 0.3 is 6.36 Å². The molecular weight excluding hydrogens is 339 g/mol. The lowest BCUT2D eigenvalue weighted by atomic mass is 9.95. The van der Waals surface area contributed by atoms with Gasteiger partial charge in [-0.15, -0.1) is 13.2 Å². The minimum Gasteiger partial charge on any atom is -0.454 e. The Bertz CT molecular complexity index is 905. The highest BCUT2D eigenvalue weighted by atomic mass is 19.4.